The molecule has 3 N–H and O–H groups in total. The number of halogens is 6. The normalized spacial score (nSPS) is 13.6. The van der Waals surface area contributed by atoms with E-state index in [9.17, 15) is 26.3 Å². The van der Waals surface area contributed by atoms with Crippen LogP contribution in [0.5, 0.6) is 0 Å². The van der Waals surface area contributed by atoms with Crippen LogP contribution in [0.2, 0.25) is 0 Å². The summed E-state index contributed by atoms with van der Waals surface area (Å²) in [5.74, 6) is -3.44. The summed E-state index contributed by atoms with van der Waals surface area (Å²) < 4.78 is 65.8. The number of thiazole rings is 1. The molecule has 0 aliphatic carbocycles. The summed E-state index contributed by atoms with van der Waals surface area (Å²) in [4.78, 5) is 33.6. The lowest BCUT2D eigenvalue weighted by Gasteiger charge is -2.18. The SMILES string of the molecule is O=C(O)C(F)(F)F.O=C(O)C(F)(F)F.c1ccc(NCc2cnc3n2CCN(Cc2nccs2)CC3)nc1. The molecule has 1 aliphatic rings. The fourth-order valence-electron chi connectivity index (χ4n) is 3.01. The van der Waals surface area contributed by atoms with Gasteiger partial charge in [0.15, 0.2) is 0 Å². The number of imidazole rings is 1. The molecule has 4 rings (SSSR count). The first-order valence-corrected chi connectivity index (χ1v) is 11.5. The van der Waals surface area contributed by atoms with Crippen LogP contribution in [0.3, 0.4) is 0 Å². The minimum atomic E-state index is -5.08. The second-order valence-corrected chi connectivity index (χ2v) is 8.42. The maximum Gasteiger partial charge on any atom is 0.490 e. The first kappa shape index (κ1) is 30.5. The molecule has 17 heteroatoms. The molecule has 1 aliphatic heterocycles. The predicted octanol–water partition coefficient (Wildman–Crippen LogP) is 3.67. The molecule has 0 radical (unpaired) electrons. The zero-order chi connectivity index (χ0) is 28.3. The Labute approximate surface area is 215 Å². The van der Waals surface area contributed by atoms with Gasteiger partial charge in [0.1, 0.15) is 16.6 Å². The summed E-state index contributed by atoms with van der Waals surface area (Å²) in [6, 6.07) is 5.89. The van der Waals surface area contributed by atoms with Gasteiger partial charge in [-0.05, 0) is 12.1 Å². The van der Waals surface area contributed by atoms with E-state index in [2.05, 4.69) is 29.7 Å². The van der Waals surface area contributed by atoms with E-state index in [0.29, 0.717) is 0 Å². The van der Waals surface area contributed by atoms with Crippen molar-refractivity contribution in [1.29, 1.82) is 0 Å². The van der Waals surface area contributed by atoms with Crippen molar-refractivity contribution in [3.8, 4) is 0 Å². The van der Waals surface area contributed by atoms with Crippen molar-refractivity contribution < 1.29 is 46.1 Å². The van der Waals surface area contributed by atoms with Crippen molar-refractivity contribution in [2.24, 2.45) is 0 Å². The predicted molar refractivity (Wildman–Crippen MR) is 122 cm³/mol. The fourth-order valence-corrected chi connectivity index (χ4v) is 3.67. The number of anilines is 1. The number of nitrogens with one attached hydrogen (secondary N) is 1. The van der Waals surface area contributed by atoms with E-state index in [1.165, 1.54) is 16.5 Å². The average Bonchev–Trinajstić information content (AvgIpc) is 3.44. The third kappa shape index (κ3) is 10.3. The van der Waals surface area contributed by atoms with E-state index in [1.807, 2.05) is 36.0 Å². The van der Waals surface area contributed by atoms with Crippen molar-refractivity contribution in [3.63, 3.8) is 0 Å². The Hall–Kier alpha value is -3.73. The van der Waals surface area contributed by atoms with Gasteiger partial charge in [-0.3, -0.25) is 4.90 Å². The van der Waals surface area contributed by atoms with Gasteiger partial charge in [-0.15, -0.1) is 11.3 Å². The average molecular weight is 569 g/mol. The van der Waals surface area contributed by atoms with E-state index >= 15 is 0 Å². The number of fused-ring (bicyclic) bond motifs is 1. The third-order valence-electron chi connectivity index (χ3n) is 4.76. The Morgan fingerprint density at radius 2 is 1.61 bits per heavy atom. The number of pyridine rings is 1. The highest BCUT2D eigenvalue weighted by molar-refractivity contribution is 7.09. The van der Waals surface area contributed by atoms with E-state index in [-0.39, 0.29) is 0 Å². The molecular weight excluding hydrogens is 546 g/mol. The van der Waals surface area contributed by atoms with Crippen LogP contribution >= 0.6 is 11.3 Å². The third-order valence-corrected chi connectivity index (χ3v) is 5.52. The zero-order valence-electron chi connectivity index (χ0n) is 19.4. The summed E-state index contributed by atoms with van der Waals surface area (Å²) in [5, 5.41) is 20.8. The molecule has 0 unspecified atom stereocenters. The smallest absolute Gasteiger partial charge is 0.475 e. The molecule has 38 heavy (non-hydrogen) atoms. The minimum Gasteiger partial charge on any atom is -0.475 e. The number of hydrogen-bond acceptors (Lipinski definition) is 8. The molecule has 3 aromatic rings. The number of nitrogens with zero attached hydrogens (tertiary/aromatic N) is 5. The Bertz CT molecular complexity index is 1130. The molecule has 0 saturated carbocycles. The molecule has 208 valence electrons. The molecule has 0 fully saturated rings. The Balaban J connectivity index is 0.000000301. The summed E-state index contributed by atoms with van der Waals surface area (Å²) >= 11 is 1.73. The standard InChI is InChI=1S/C17H20N6S.2C2HF3O2/c1-2-5-18-15(3-1)20-11-14-12-21-16-4-7-22(8-9-23(14)16)13-17-19-6-10-24-17;2*3-2(4,5)1(6)7/h1-3,5-6,10,12H,4,7-9,11,13H2,(H,18,20);2*(H,6,7). The highest BCUT2D eigenvalue weighted by atomic mass is 32.1. The number of aliphatic carboxylic acids is 2. The van der Waals surface area contributed by atoms with Crippen LogP contribution in [0.25, 0.3) is 0 Å². The van der Waals surface area contributed by atoms with Crippen molar-refractivity contribution in [2.75, 3.05) is 18.4 Å². The van der Waals surface area contributed by atoms with Crippen LogP contribution in [0.4, 0.5) is 32.2 Å². The van der Waals surface area contributed by atoms with Gasteiger partial charge in [0, 0.05) is 43.8 Å². The van der Waals surface area contributed by atoms with Crippen molar-refractivity contribution in [1.82, 2.24) is 24.4 Å². The lowest BCUT2D eigenvalue weighted by atomic mass is 10.3. The van der Waals surface area contributed by atoms with Gasteiger partial charge in [0.05, 0.1) is 25.0 Å². The number of aromatic nitrogens is 4. The maximum atomic E-state index is 10.6. The molecule has 0 bridgehead atoms. The van der Waals surface area contributed by atoms with Crippen LogP contribution in [0.15, 0.2) is 42.2 Å². The van der Waals surface area contributed by atoms with Crippen LogP contribution in [-0.2, 0) is 35.6 Å². The number of hydrogen-bond donors (Lipinski definition) is 3. The van der Waals surface area contributed by atoms with E-state index in [4.69, 9.17) is 19.8 Å². The van der Waals surface area contributed by atoms with Crippen molar-refractivity contribution in [2.45, 2.75) is 38.4 Å². The molecule has 3 aromatic heterocycles. The summed E-state index contributed by atoms with van der Waals surface area (Å²) in [7, 11) is 0. The number of carboxylic acid groups (broad SMARTS) is 2. The van der Waals surface area contributed by atoms with Gasteiger partial charge >= 0.3 is 24.3 Å². The second kappa shape index (κ2) is 13.7. The molecule has 4 heterocycles. The van der Waals surface area contributed by atoms with Crippen LogP contribution in [0, 0.1) is 0 Å². The lowest BCUT2D eigenvalue weighted by molar-refractivity contribution is -0.193. The van der Waals surface area contributed by atoms with Crippen LogP contribution in [-0.4, -0.2) is 72.0 Å². The Morgan fingerprint density at radius 1 is 0.947 bits per heavy atom. The second-order valence-electron chi connectivity index (χ2n) is 7.44. The minimum absolute atomic E-state index is 0.747. The van der Waals surface area contributed by atoms with Gasteiger partial charge < -0.3 is 20.1 Å². The molecule has 0 atom stereocenters. The first-order valence-electron chi connectivity index (χ1n) is 10.7. The van der Waals surface area contributed by atoms with Crippen LogP contribution < -0.4 is 5.32 Å². The topological polar surface area (TPSA) is 133 Å². The number of rotatable bonds is 5. The Morgan fingerprint density at radius 3 is 2.13 bits per heavy atom. The van der Waals surface area contributed by atoms with Crippen LogP contribution in [0.1, 0.15) is 16.5 Å². The fraction of sp³-hybridized carbons (Fsp3) is 0.381. The summed E-state index contributed by atoms with van der Waals surface area (Å²) in [5.41, 5.74) is 1.21. The molecule has 0 aromatic carbocycles. The summed E-state index contributed by atoms with van der Waals surface area (Å²) in [6.07, 6.45) is -3.52. The van der Waals surface area contributed by atoms with Crippen molar-refractivity contribution >= 4 is 29.1 Å². The van der Waals surface area contributed by atoms with Gasteiger partial charge in [-0.1, -0.05) is 6.07 Å². The van der Waals surface area contributed by atoms with Gasteiger partial charge in [0.2, 0.25) is 0 Å². The number of carboxylic acids is 2. The molecular formula is C21H22F6N6O4S. The zero-order valence-corrected chi connectivity index (χ0v) is 20.2. The van der Waals surface area contributed by atoms with Gasteiger partial charge in [-0.25, -0.2) is 24.5 Å². The first-order chi connectivity index (χ1) is 17.8. The maximum absolute atomic E-state index is 10.6. The number of carbonyl (C=O) groups is 2. The molecule has 0 spiro atoms. The largest absolute Gasteiger partial charge is 0.490 e. The van der Waals surface area contributed by atoms with Crippen molar-refractivity contribution in [3.05, 3.63) is 58.7 Å². The highest BCUT2D eigenvalue weighted by Gasteiger charge is 2.38. The summed E-state index contributed by atoms with van der Waals surface area (Å²) in [6.45, 7) is 4.71. The number of alkyl halides is 6. The molecule has 0 amide bonds. The lowest BCUT2D eigenvalue weighted by Crippen LogP contribution is -2.26. The van der Waals surface area contributed by atoms with Gasteiger partial charge in [-0.2, -0.15) is 26.3 Å². The highest BCUT2D eigenvalue weighted by Crippen LogP contribution is 2.16. The van der Waals surface area contributed by atoms with E-state index < -0.39 is 24.3 Å². The monoisotopic (exact) mass is 568 g/mol. The van der Waals surface area contributed by atoms with Gasteiger partial charge in [0.25, 0.3) is 0 Å². The Kier molecular flexibility index (Phi) is 11.0. The molecule has 0 saturated heterocycles. The van der Waals surface area contributed by atoms with E-state index in [0.717, 1.165) is 45.0 Å². The quantitative estimate of drug-likeness (QED) is 0.394. The molecule has 10 nitrogen and oxygen atoms in total. The van der Waals surface area contributed by atoms with E-state index in [1.54, 1.807) is 17.5 Å².